The summed E-state index contributed by atoms with van der Waals surface area (Å²) in [5, 5.41) is 2.84. The molecule has 0 heterocycles. The molecule has 1 rings (SSSR count). The van der Waals surface area contributed by atoms with Gasteiger partial charge >= 0.3 is 6.09 Å². The summed E-state index contributed by atoms with van der Waals surface area (Å²) in [7, 11) is 0. The predicted octanol–water partition coefficient (Wildman–Crippen LogP) is 2.41. The highest BCUT2D eigenvalue weighted by molar-refractivity contribution is 8.00. The average molecular weight is 217 g/mol. The van der Waals surface area contributed by atoms with Gasteiger partial charge in [0.05, 0.1) is 6.61 Å². The van der Waals surface area contributed by atoms with Gasteiger partial charge in [-0.2, -0.15) is 11.8 Å². The van der Waals surface area contributed by atoms with Crippen molar-refractivity contribution in [2.45, 2.75) is 37.4 Å². The van der Waals surface area contributed by atoms with Gasteiger partial charge in [0.2, 0.25) is 0 Å². The van der Waals surface area contributed by atoms with E-state index in [0.29, 0.717) is 6.61 Å². The van der Waals surface area contributed by atoms with Crippen LogP contribution in [0.25, 0.3) is 0 Å². The molecule has 0 unspecified atom stereocenters. The molecule has 3 nitrogen and oxygen atoms in total. The molecule has 1 N–H and O–H groups in total. The van der Waals surface area contributed by atoms with Crippen LogP contribution in [0.3, 0.4) is 0 Å². The lowest BCUT2D eigenvalue weighted by molar-refractivity contribution is 0.151. The Balaban J connectivity index is 2.30. The van der Waals surface area contributed by atoms with E-state index in [0.717, 1.165) is 6.54 Å². The number of carbonyl (C=O) groups is 1. The summed E-state index contributed by atoms with van der Waals surface area (Å²) in [5.74, 6) is 0. The second-order valence-electron chi connectivity index (χ2n) is 3.67. The van der Waals surface area contributed by atoms with Crippen LogP contribution < -0.4 is 5.32 Å². The third kappa shape index (κ3) is 3.08. The number of ether oxygens (including phenoxy) is 1. The van der Waals surface area contributed by atoms with E-state index in [2.05, 4.69) is 11.6 Å². The second kappa shape index (κ2) is 5.49. The van der Waals surface area contributed by atoms with Crippen molar-refractivity contribution < 1.29 is 9.53 Å². The van der Waals surface area contributed by atoms with Crippen molar-refractivity contribution in [2.75, 3.05) is 19.4 Å². The first kappa shape index (κ1) is 11.7. The molecule has 1 fully saturated rings. The minimum atomic E-state index is -0.284. The fourth-order valence-electron chi connectivity index (χ4n) is 1.89. The van der Waals surface area contributed by atoms with Crippen LogP contribution >= 0.6 is 11.8 Å². The van der Waals surface area contributed by atoms with Gasteiger partial charge in [0.15, 0.2) is 0 Å². The molecule has 0 aromatic carbocycles. The third-order valence-corrected chi connectivity index (χ3v) is 4.20. The first-order valence-electron chi connectivity index (χ1n) is 5.18. The molecule has 1 saturated carbocycles. The quantitative estimate of drug-likeness (QED) is 0.786. The van der Waals surface area contributed by atoms with E-state index in [1.54, 1.807) is 0 Å². The van der Waals surface area contributed by atoms with Crippen LogP contribution in [0.1, 0.15) is 32.6 Å². The van der Waals surface area contributed by atoms with Gasteiger partial charge in [-0.3, -0.25) is 0 Å². The smallest absolute Gasteiger partial charge is 0.407 e. The minimum absolute atomic E-state index is 0.271. The normalized spacial score (nSPS) is 19.3. The molecule has 4 heteroatoms. The van der Waals surface area contributed by atoms with E-state index in [1.165, 1.54) is 25.7 Å². The predicted molar refractivity (Wildman–Crippen MR) is 59.7 cm³/mol. The molecular weight excluding hydrogens is 198 g/mol. The fraction of sp³-hybridized carbons (Fsp3) is 0.900. The summed E-state index contributed by atoms with van der Waals surface area (Å²) >= 11 is 1.87. The van der Waals surface area contributed by atoms with E-state index < -0.39 is 0 Å². The average Bonchev–Trinajstić information content (AvgIpc) is 2.65. The van der Waals surface area contributed by atoms with Gasteiger partial charge in [-0.25, -0.2) is 4.79 Å². The van der Waals surface area contributed by atoms with Gasteiger partial charge in [-0.1, -0.05) is 12.8 Å². The number of hydrogen-bond donors (Lipinski definition) is 1. The molecule has 1 aliphatic rings. The van der Waals surface area contributed by atoms with Gasteiger partial charge in [0.1, 0.15) is 0 Å². The van der Waals surface area contributed by atoms with Crippen LogP contribution in [0.15, 0.2) is 0 Å². The Kier molecular flexibility index (Phi) is 4.58. The number of hydrogen-bond acceptors (Lipinski definition) is 3. The van der Waals surface area contributed by atoms with Crippen LogP contribution in [0.2, 0.25) is 0 Å². The molecule has 0 atom stereocenters. The summed E-state index contributed by atoms with van der Waals surface area (Å²) in [6.45, 7) is 3.00. The molecule has 0 saturated heterocycles. The summed E-state index contributed by atoms with van der Waals surface area (Å²) < 4.78 is 5.10. The molecule has 0 aromatic heterocycles. The van der Waals surface area contributed by atoms with Gasteiger partial charge in [-0.15, -0.1) is 0 Å². The molecular formula is C10H19NO2S. The Labute approximate surface area is 90.0 Å². The highest BCUT2D eigenvalue weighted by Gasteiger charge is 2.33. The van der Waals surface area contributed by atoms with Gasteiger partial charge in [0.25, 0.3) is 0 Å². The van der Waals surface area contributed by atoms with Crippen LogP contribution in [-0.4, -0.2) is 30.2 Å². The zero-order valence-electron chi connectivity index (χ0n) is 8.97. The zero-order valence-corrected chi connectivity index (χ0v) is 9.78. The van der Waals surface area contributed by atoms with Gasteiger partial charge < -0.3 is 10.1 Å². The number of thioether (sulfide) groups is 1. The summed E-state index contributed by atoms with van der Waals surface area (Å²) in [4.78, 5) is 11.1. The minimum Gasteiger partial charge on any atom is -0.450 e. The van der Waals surface area contributed by atoms with Crippen molar-refractivity contribution in [3.05, 3.63) is 0 Å². The van der Waals surface area contributed by atoms with E-state index in [4.69, 9.17) is 4.74 Å². The molecule has 82 valence electrons. The highest BCUT2D eigenvalue weighted by Crippen LogP contribution is 2.39. The van der Waals surface area contributed by atoms with Crippen molar-refractivity contribution >= 4 is 17.9 Å². The topological polar surface area (TPSA) is 38.3 Å². The zero-order chi connectivity index (χ0) is 10.4. The molecule has 1 amide bonds. The van der Waals surface area contributed by atoms with Crippen molar-refractivity contribution in [1.82, 2.24) is 5.32 Å². The summed E-state index contributed by atoms with van der Waals surface area (Å²) in [5.41, 5.74) is 0. The van der Waals surface area contributed by atoms with Crippen LogP contribution in [0, 0.1) is 0 Å². The lowest BCUT2D eigenvalue weighted by atomic mass is 10.1. The molecule has 0 aromatic rings. The largest absolute Gasteiger partial charge is 0.450 e. The number of alkyl carbamates (subject to hydrolysis) is 1. The highest BCUT2D eigenvalue weighted by atomic mass is 32.2. The van der Waals surface area contributed by atoms with Crippen molar-refractivity contribution in [3.8, 4) is 0 Å². The third-order valence-electron chi connectivity index (χ3n) is 2.78. The number of nitrogens with one attached hydrogen (secondary N) is 1. The van der Waals surface area contributed by atoms with E-state index in [9.17, 15) is 4.79 Å². The van der Waals surface area contributed by atoms with Crippen molar-refractivity contribution in [3.63, 3.8) is 0 Å². The molecule has 0 aliphatic heterocycles. The standard InChI is InChI=1S/C10H19NO2S/c1-3-13-9(12)11-8-10(14-2)6-4-5-7-10/h3-8H2,1-2H3,(H,11,12). The Morgan fingerprint density at radius 3 is 2.64 bits per heavy atom. The Morgan fingerprint density at radius 1 is 1.50 bits per heavy atom. The Bertz CT molecular complexity index is 191. The van der Waals surface area contributed by atoms with E-state index >= 15 is 0 Å². The van der Waals surface area contributed by atoms with Gasteiger partial charge in [0, 0.05) is 11.3 Å². The lowest BCUT2D eigenvalue weighted by Crippen LogP contribution is -2.38. The summed E-state index contributed by atoms with van der Waals surface area (Å²) in [6.07, 6.45) is 6.82. The molecule has 0 radical (unpaired) electrons. The van der Waals surface area contributed by atoms with Crippen LogP contribution in [0.5, 0.6) is 0 Å². The monoisotopic (exact) mass is 217 g/mol. The molecule has 14 heavy (non-hydrogen) atoms. The molecule has 0 spiro atoms. The van der Waals surface area contributed by atoms with Crippen LogP contribution in [-0.2, 0) is 4.74 Å². The van der Waals surface area contributed by atoms with Crippen molar-refractivity contribution in [1.29, 1.82) is 0 Å². The van der Waals surface area contributed by atoms with Crippen molar-refractivity contribution in [2.24, 2.45) is 0 Å². The first-order chi connectivity index (χ1) is 6.72. The van der Waals surface area contributed by atoms with E-state index in [1.807, 2.05) is 18.7 Å². The maximum atomic E-state index is 11.1. The SMILES string of the molecule is CCOC(=O)NCC1(SC)CCCC1. The maximum Gasteiger partial charge on any atom is 0.407 e. The molecule has 0 bridgehead atoms. The summed E-state index contributed by atoms with van der Waals surface area (Å²) in [6, 6.07) is 0. The number of amides is 1. The fourth-order valence-corrected chi connectivity index (χ4v) is 2.80. The number of carbonyl (C=O) groups excluding carboxylic acids is 1. The van der Waals surface area contributed by atoms with Crippen LogP contribution in [0.4, 0.5) is 4.79 Å². The number of rotatable bonds is 4. The second-order valence-corrected chi connectivity index (χ2v) is 4.94. The Hall–Kier alpha value is -0.380. The maximum absolute atomic E-state index is 11.1. The Morgan fingerprint density at radius 2 is 2.14 bits per heavy atom. The lowest BCUT2D eigenvalue weighted by Gasteiger charge is -2.26. The van der Waals surface area contributed by atoms with Gasteiger partial charge in [-0.05, 0) is 26.0 Å². The first-order valence-corrected chi connectivity index (χ1v) is 6.41. The van der Waals surface area contributed by atoms with E-state index in [-0.39, 0.29) is 10.8 Å². The molecule has 1 aliphatic carbocycles.